The van der Waals surface area contributed by atoms with Crippen LogP contribution in [0.25, 0.3) is 5.76 Å². The molecule has 2 saturated carbocycles. The fourth-order valence-corrected chi connectivity index (χ4v) is 6.51. The first-order valence-corrected chi connectivity index (χ1v) is 12.8. The van der Waals surface area contributed by atoms with Gasteiger partial charge in [0.2, 0.25) is 11.7 Å². The van der Waals surface area contributed by atoms with Crippen LogP contribution in [-0.4, -0.2) is 81.2 Å². The molecule has 0 saturated heterocycles. The second-order valence-electron chi connectivity index (χ2n) is 11.2. The van der Waals surface area contributed by atoms with Crippen LogP contribution in [0.2, 0.25) is 0 Å². The Bertz CT molecular complexity index is 1190. The average Bonchev–Trinajstić information content (AvgIpc) is 2.80. The maximum Gasteiger partial charge on any atom is 0.230 e. The molecule has 1 aromatic rings. The summed E-state index contributed by atoms with van der Waals surface area (Å²) in [5.41, 5.74) is 4.77. The quantitative estimate of drug-likeness (QED) is 0.236. The van der Waals surface area contributed by atoms with Gasteiger partial charge in [-0.2, -0.15) is 0 Å². The molecule has 202 valence electrons. The van der Waals surface area contributed by atoms with E-state index in [-0.39, 0.29) is 23.3 Å². The van der Waals surface area contributed by atoms with Crippen molar-refractivity contribution in [2.75, 3.05) is 26.0 Å². The van der Waals surface area contributed by atoms with E-state index in [2.05, 4.69) is 5.32 Å². The van der Waals surface area contributed by atoms with E-state index in [0.29, 0.717) is 36.6 Å². The van der Waals surface area contributed by atoms with Crippen molar-refractivity contribution in [1.29, 1.82) is 0 Å². The highest BCUT2D eigenvalue weighted by Crippen LogP contribution is 2.53. The minimum Gasteiger partial charge on any atom is -0.507 e. The molecule has 6 atom stereocenters. The number of benzene rings is 1. The van der Waals surface area contributed by atoms with Gasteiger partial charge in [-0.1, -0.05) is 20.8 Å². The molecule has 0 aliphatic heterocycles. The van der Waals surface area contributed by atoms with Gasteiger partial charge in [-0.15, -0.1) is 0 Å². The number of aryl methyl sites for hydroxylation is 1. The molecule has 0 aromatic heterocycles. The lowest BCUT2D eigenvalue weighted by Gasteiger charge is -2.53. The van der Waals surface area contributed by atoms with E-state index in [9.17, 15) is 34.8 Å². The van der Waals surface area contributed by atoms with E-state index in [4.69, 9.17) is 5.73 Å². The summed E-state index contributed by atoms with van der Waals surface area (Å²) in [6, 6.07) is 0.944. The highest BCUT2D eigenvalue weighted by Gasteiger charge is 2.67. The largest absolute Gasteiger partial charge is 0.507 e. The highest BCUT2D eigenvalue weighted by atomic mass is 16.3. The number of aromatic hydroxyl groups is 1. The third-order valence-electron chi connectivity index (χ3n) is 8.26. The molecule has 4 rings (SSSR count). The third-order valence-corrected chi connectivity index (χ3v) is 8.26. The number of nitrogens with one attached hydrogen (secondary N) is 1. The van der Waals surface area contributed by atoms with Gasteiger partial charge in [0.1, 0.15) is 17.4 Å². The number of carbonyl (C=O) groups is 3. The summed E-state index contributed by atoms with van der Waals surface area (Å²) < 4.78 is 0. The Kier molecular flexibility index (Phi) is 6.89. The van der Waals surface area contributed by atoms with Crippen LogP contribution in [0.1, 0.15) is 43.9 Å². The maximum absolute atomic E-state index is 13.9. The van der Waals surface area contributed by atoms with E-state index >= 15 is 0 Å². The van der Waals surface area contributed by atoms with Crippen LogP contribution in [0, 0.1) is 23.7 Å². The lowest BCUT2D eigenvalue weighted by molar-refractivity contribution is -0.184. The minimum absolute atomic E-state index is 0.107. The number of nitrogens with two attached hydrogens (primary N) is 1. The number of rotatable bonds is 6. The number of Topliss-reactive ketones (excluding diaryl/α,β-unsaturated/α-hetero) is 2. The fourth-order valence-electron chi connectivity index (χ4n) is 6.51. The predicted molar refractivity (Wildman–Crippen MR) is 137 cm³/mol. The summed E-state index contributed by atoms with van der Waals surface area (Å²) in [6.45, 7) is 6.57. The third kappa shape index (κ3) is 3.93. The van der Waals surface area contributed by atoms with Crippen LogP contribution in [0.5, 0.6) is 5.75 Å². The number of fused-ring (bicyclic) bond motifs is 3. The molecular formula is C27H37N3O7. The molecule has 3 aliphatic carbocycles. The zero-order chi connectivity index (χ0) is 27.6. The number of amides is 1. The summed E-state index contributed by atoms with van der Waals surface area (Å²) in [5, 5.41) is 48.4. The van der Waals surface area contributed by atoms with Crippen molar-refractivity contribution >= 4 is 28.9 Å². The van der Waals surface area contributed by atoms with Crippen molar-refractivity contribution in [1.82, 2.24) is 4.90 Å². The SMILES string of the molecule is CCc1cc(NCC(C)C)c(O)c2c1C[C@@H]1C[C@@H]3[C@@H](N(C)C)C(O)C(C(N)=O)C(=O)[C@]3(O)C(=O)C1=C2O. The molecule has 10 nitrogen and oxygen atoms in total. The topological polar surface area (TPSA) is 173 Å². The molecule has 0 bridgehead atoms. The highest BCUT2D eigenvalue weighted by molar-refractivity contribution is 6.25. The number of ketones is 2. The van der Waals surface area contributed by atoms with Crippen LogP contribution in [0.3, 0.4) is 0 Å². The van der Waals surface area contributed by atoms with Gasteiger partial charge in [0.25, 0.3) is 0 Å². The second kappa shape index (κ2) is 9.41. The molecule has 1 aromatic carbocycles. The first-order chi connectivity index (χ1) is 17.3. The Morgan fingerprint density at radius 1 is 1.27 bits per heavy atom. The number of primary amides is 1. The smallest absolute Gasteiger partial charge is 0.230 e. The number of likely N-dealkylation sites (N-methyl/N-ethyl adjacent to an activating group) is 1. The first kappa shape index (κ1) is 27.1. The second-order valence-corrected chi connectivity index (χ2v) is 11.2. The van der Waals surface area contributed by atoms with Crippen LogP contribution in [0.4, 0.5) is 5.69 Å². The molecular weight excluding hydrogens is 478 g/mol. The normalized spacial score (nSPS) is 31.3. The maximum atomic E-state index is 13.9. The van der Waals surface area contributed by atoms with Crippen molar-refractivity contribution in [3.63, 3.8) is 0 Å². The molecule has 0 radical (unpaired) electrons. The van der Waals surface area contributed by atoms with Crippen molar-refractivity contribution < 1.29 is 34.8 Å². The van der Waals surface area contributed by atoms with Crippen molar-refractivity contribution in [2.24, 2.45) is 29.4 Å². The zero-order valence-electron chi connectivity index (χ0n) is 21.9. The van der Waals surface area contributed by atoms with Gasteiger partial charge in [0.15, 0.2) is 11.4 Å². The molecule has 1 amide bonds. The summed E-state index contributed by atoms with van der Waals surface area (Å²) in [6.07, 6.45) is -0.473. The number of phenols is 1. The molecule has 10 heteroatoms. The molecule has 0 spiro atoms. The predicted octanol–water partition coefficient (Wildman–Crippen LogP) is 0.759. The van der Waals surface area contributed by atoms with Gasteiger partial charge in [0.05, 0.1) is 17.4 Å². The van der Waals surface area contributed by atoms with Gasteiger partial charge in [0, 0.05) is 24.1 Å². The zero-order valence-corrected chi connectivity index (χ0v) is 21.9. The van der Waals surface area contributed by atoms with Crippen molar-refractivity contribution in [2.45, 2.75) is 57.8 Å². The summed E-state index contributed by atoms with van der Waals surface area (Å²) in [4.78, 5) is 41.0. The van der Waals surface area contributed by atoms with E-state index in [1.807, 2.05) is 26.8 Å². The number of aliphatic hydroxyl groups is 3. The van der Waals surface area contributed by atoms with Crippen molar-refractivity contribution in [3.8, 4) is 5.75 Å². The Labute approximate surface area is 216 Å². The molecule has 2 fully saturated rings. The first-order valence-electron chi connectivity index (χ1n) is 12.8. The number of phenolic OH excluding ortho intramolecular Hbond substituents is 1. The number of anilines is 1. The monoisotopic (exact) mass is 515 g/mol. The number of nitrogens with zero attached hydrogens (tertiary/aromatic N) is 1. The molecule has 37 heavy (non-hydrogen) atoms. The van der Waals surface area contributed by atoms with E-state index in [0.717, 1.165) is 5.56 Å². The number of aliphatic hydroxyl groups excluding tert-OH is 2. The van der Waals surface area contributed by atoms with Crippen LogP contribution in [-0.2, 0) is 27.2 Å². The van der Waals surface area contributed by atoms with Crippen LogP contribution in [0.15, 0.2) is 11.6 Å². The van der Waals surface area contributed by atoms with Gasteiger partial charge in [-0.25, -0.2) is 0 Å². The molecule has 7 N–H and O–H groups in total. The van der Waals surface area contributed by atoms with Gasteiger partial charge >= 0.3 is 0 Å². The Hall–Kier alpha value is -2.95. The van der Waals surface area contributed by atoms with E-state index in [1.165, 1.54) is 0 Å². The van der Waals surface area contributed by atoms with Gasteiger partial charge < -0.3 is 36.4 Å². The van der Waals surface area contributed by atoms with Crippen LogP contribution >= 0.6 is 0 Å². The van der Waals surface area contributed by atoms with E-state index < -0.39 is 58.7 Å². The number of hydrogen-bond acceptors (Lipinski definition) is 9. The number of hydrogen-bond donors (Lipinski definition) is 6. The average molecular weight is 516 g/mol. The Balaban J connectivity index is 1.90. The van der Waals surface area contributed by atoms with Crippen LogP contribution < -0.4 is 11.1 Å². The molecule has 2 unspecified atom stereocenters. The summed E-state index contributed by atoms with van der Waals surface area (Å²) >= 11 is 0. The van der Waals surface area contributed by atoms with Crippen molar-refractivity contribution in [3.05, 3.63) is 28.3 Å². The summed E-state index contributed by atoms with van der Waals surface area (Å²) in [5.74, 6) is -7.05. The summed E-state index contributed by atoms with van der Waals surface area (Å²) in [7, 11) is 3.26. The molecule has 3 aliphatic rings. The van der Waals surface area contributed by atoms with Gasteiger partial charge in [-0.3, -0.25) is 14.4 Å². The standard InChI is InChI=1S/C27H37N3O7/c1-6-12-9-16(29-10-11(2)3)21(31)18-14(12)7-13-8-15-20(30(4)5)23(33)19(26(28)36)25(35)27(15,37)24(34)17(13)22(18)32/h9,11,13,15,19-20,23,29,31-33,37H,6-8,10H2,1-5H3,(H2,28,36)/t13-,15-,19?,20-,23?,27-/m1/s1. The lowest BCUT2D eigenvalue weighted by atomic mass is 9.54. The number of carbonyl (C=O) groups excluding carboxylic acids is 3. The minimum atomic E-state index is -2.65. The molecule has 0 heterocycles. The fraction of sp³-hybridized carbons (Fsp3) is 0.593. The van der Waals surface area contributed by atoms with E-state index in [1.54, 1.807) is 19.0 Å². The lowest BCUT2D eigenvalue weighted by Crippen LogP contribution is -2.73. The Morgan fingerprint density at radius 3 is 2.46 bits per heavy atom. The Morgan fingerprint density at radius 2 is 1.92 bits per heavy atom. The van der Waals surface area contributed by atoms with Gasteiger partial charge in [-0.05, 0) is 62.4 Å².